The summed E-state index contributed by atoms with van der Waals surface area (Å²) in [5.41, 5.74) is 1.79. The van der Waals surface area contributed by atoms with E-state index < -0.39 is 0 Å². The van der Waals surface area contributed by atoms with Gasteiger partial charge in [-0.15, -0.1) is 0 Å². The van der Waals surface area contributed by atoms with Gasteiger partial charge in [0.05, 0.1) is 12.2 Å². The molecule has 1 aromatic rings. The fourth-order valence-corrected chi connectivity index (χ4v) is 1.87. The fourth-order valence-electron chi connectivity index (χ4n) is 1.87. The summed E-state index contributed by atoms with van der Waals surface area (Å²) in [5.74, 6) is 0.496. The van der Waals surface area contributed by atoms with Crippen LogP contribution in [-0.2, 0) is 16.0 Å². The zero-order valence-corrected chi connectivity index (χ0v) is 11.3. The normalized spacial score (nSPS) is 14.2. The molecule has 6 heteroatoms. The first kappa shape index (κ1) is 13.6. The molecule has 104 valence electrons. The van der Waals surface area contributed by atoms with E-state index in [0.717, 1.165) is 29.9 Å². The molecule has 1 heterocycles. The van der Waals surface area contributed by atoms with Crippen molar-refractivity contribution in [3.05, 3.63) is 17.0 Å². The molecule has 0 bridgehead atoms. The van der Waals surface area contributed by atoms with Crippen molar-refractivity contribution in [3.63, 3.8) is 0 Å². The third kappa shape index (κ3) is 4.08. The minimum Gasteiger partial charge on any atom is -0.361 e. The Hall–Kier alpha value is -1.85. The van der Waals surface area contributed by atoms with Crippen LogP contribution in [0.15, 0.2) is 4.52 Å². The number of hydrogen-bond acceptors (Lipinski definition) is 4. The molecule has 0 aromatic carbocycles. The van der Waals surface area contributed by atoms with Crippen LogP contribution in [0.5, 0.6) is 0 Å². The fraction of sp³-hybridized carbons (Fsp3) is 0.615. The van der Waals surface area contributed by atoms with Crippen LogP contribution in [-0.4, -0.2) is 29.6 Å². The van der Waals surface area contributed by atoms with Gasteiger partial charge in [0.2, 0.25) is 11.8 Å². The summed E-state index contributed by atoms with van der Waals surface area (Å²) in [5, 5.41) is 9.27. The maximum atomic E-state index is 11.6. The van der Waals surface area contributed by atoms with Gasteiger partial charge in [-0.25, -0.2) is 0 Å². The molecule has 0 radical (unpaired) electrons. The van der Waals surface area contributed by atoms with Crippen molar-refractivity contribution in [2.45, 2.75) is 45.6 Å². The van der Waals surface area contributed by atoms with Crippen molar-refractivity contribution >= 4 is 11.8 Å². The van der Waals surface area contributed by atoms with Gasteiger partial charge < -0.3 is 15.2 Å². The minimum absolute atomic E-state index is 0.0525. The van der Waals surface area contributed by atoms with E-state index in [2.05, 4.69) is 15.8 Å². The molecule has 0 saturated heterocycles. The molecule has 0 spiro atoms. The second-order valence-corrected chi connectivity index (χ2v) is 4.92. The number of aromatic nitrogens is 1. The topological polar surface area (TPSA) is 84.2 Å². The predicted molar refractivity (Wildman–Crippen MR) is 68.5 cm³/mol. The van der Waals surface area contributed by atoms with E-state index in [0.29, 0.717) is 18.9 Å². The zero-order valence-electron chi connectivity index (χ0n) is 11.3. The van der Waals surface area contributed by atoms with Crippen LogP contribution in [0.4, 0.5) is 0 Å². The maximum Gasteiger partial charge on any atom is 0.239 e. The molecule has 1 aliphatic rings. The second-order valence-electron chi connectivity index (χ2n) is 4.92. The zero-order chi connectivity index (χ0) is 13.8. The molecule has 0 atom stereocenters. The van der Waals surface area contributed by atoms with Gasteiger partial charge >= 0.3 is 0 Å². The standard InChI is InChI=1S/C13H19N3O3/c1-8-11(9(2)19-16-8)5-6-12(17)14-7-13(18)15-10-3-4-10/h10H,3-7H2,1-2H3,(H,14,17)(H,15,18). The molecule has 19 heavy (non-hydrogen) atoms. The Morgan fingerprint density at radius 3 is 2.63 bits per heavy atom. The van der Waals surface area contributed by atoms with Crippen molar-refractivity contribution in [1.29, 1.82) is 0 Å². The van der Waals surface area contributed by atoms with Gasteiger partial charge in [-0.05, 0) is 33.1 Å². The SMILES string of the molecule is Cc1noc(C)c1CCC(=O)NCC(=O)NC1CC1. The van der Waals surface area contributed by atoms with Crippen LogP contribution in [0.3, 0.4) is 0 Å². The van der Waals surface area contributed by atoms with Gasteiger partial charge in [-0.1, -0.05) is 5.16 Å². The van der Waals surface area contributed by atoms with Gasteiger partial charge in [-0.3, -0.25) is 9.59 Å². The highest BCUT2D eigenvalue weighted by Gasteiger charge is 2.23. The first-order valence-electron chi connectivity index (χ1n) is 6.54. The second kappa shape index (κ2) is 5.86. The van der Waals surface area contributed by atoms with Crippen LogP contribution >= 0.6 is 0 Å². The summed E-state index contributed by atoms with van der Waals surface area (Å²) >= 11 is 0. The highest BCUT2D eigenvalue weighted by atomic mass is 16.5. The average molecular weight is 265 g/mol. The molecular formula is C13H19N3O3. The Morgan fingerprint density at radius 2 is 2.05 bits per heavy atom. The highest BCUT2D eigenvalue weighted by Crippen LogP contribution is 2.18. The predicted octanol–water partition coefficient (Wildman–Crippen LogP) is 0.619. The van der Waals surface area contributed by atoms with Crippen molar-refractivity contribution in [2.75, 3.05) is 6.54 Å². The van der Waals surface area contributed by atoms with Gasteiger partial charge in [0.15, 0.2) is 0 Å². The van der Waals surface area contributed by atoms with E-state index in [9.17, 15) is 9.59 Å². The Bertz CT molecular complexity index is 458. The van der Waals surface area contributed by atoms with E-state index in [1.807, 2.05) is 13.8 Å². The first-order valence-corrected chi connectivity index (χ1v) is 6.54. The first-order chi connectivity index (χ1) is 9.06. The minimum atomic E-state index is -0.133. The van der Waals surface area contributed by atoms with Gasteiger partial charge in [0.1, 0.15) is 5.76 Å². The van der Waals surface area contributed by atoms with Crippen LogP contribution in [0, 0.1) is 13.8 Å². The summed E-state index contributed by atoms with van der Waals surface area (Å²) in [6, 6.07) is 0.326. The largest absolute Gasteiger partial charge is 0.361 e. The number of amides is 2. The van der Waals surface area contributed by atoms with E-state index in [1.54, 1.807) is 0 Å². The van der Waals surface area contributed by atoms with E-state index in [4.69, 9.17) is 4.52 Å². The Morgan fingerprint density at radius 1 is 1.32 bits per heavy atom. The van der Waals surface area contributed by atoms with Gasteiger partial charge in [0, 0.05) is 18.0 Å². The van der Waals surface area contributed by atoms with E-state index in [1.165, 1.54) is 0 Å². The van der Waals surface area contributed by atoms with Crippen molar-refractivity contribution in [2.24, 2.45) is 0 Å². The summed E-state index contributed by atoms with van der Waals surface area (Å²) in [7, 11) is 0. The molecule has 1 aliphatic carbocycles. The molecule has 6 nitrogen and oxygen atoms in total. The van der Waals surface area contributed by atoms with Crippen molar-refractivity contribution in [1.82, 2.24) is 15.8 Å². The van der Waals surface area contributed by atoms with E-state index >= 15 is 0 Å². The van der Waals surface area contributed by atoms with Crippen molar-refractivity contribution in [3.8, 4) is 0 Å². The van der Waals surface area contributed by atoms with Crippen molar-refractivity contribution < 1.29 is 14.1 Å². The lowest BCUT2D eigenvalue weighted by atomic mass is 10.1. The quantitative estimate of drug-likeness (QED) is 0.789. The van der Waals surface area contributed by atoms with E-state index in [-0.39, 0.29) is 18.4 Å². The summed E-state index contributed by atoms with van der Waals surface area (Å²) in [6.45, 7) is 3.74. The number of carbonyl (C=O) groups excluding carboxylic acids is 2. The molecule has 1 saturated carbocycles. The summed E-state index contributed by atoms with van der Waals surface area (Å²) in [4.78, 5) is 23.0. The molecule has 0 aliphatic heterocycles. The van der Waals surface area contributed by atoms with Crippen LogP contribution in [0.25, 0.3) is 0 Å². The average Bonchev–Trinajstić information content (AvgIpc) is 3.12. The van der Waals surface area contributed by atoms with Gasteiger partial charge in [0.25, 0.3) is 0 Å². The molecular weight excluding hydrogens is 246 g/mol. The lowest BCUT2D eigenvalue weighted by Gasteiger charge is -2.05. The number of aryl methyl sites for hydroxylation is 2. The number of nitrogens with zero attached hydrogens (tertiary/aromatic N) is 1. The number of carbonyl (C=O) groups is 2. The number of nitrogens with one attached hydrogen (secondary N) is 2. The molecule has 1 fully saturated rings. The van der Waals surface area contributed by atoms with Gasteiger partial charge in [-0.2, -0.15) is 0 Å². The highest BCUT2D eigenvalue weighted by molar-refractivity contribution is 5.85. The Labute approximate surface area is 111 Å². The Balaban J connectivity index is 1.68. The smallest absolute Gasteiger partial charge is 0.239 e. The summed E-state index contributed by atoms with van der Waals surface area (Å²) in [6.07, 6.45) is 3.01. The van der Waals surface area contributed by atoms with Crippen LogP contribution in [0.1, 0.15) is 36.3 Å². The third-order valence-corrected chi connectivity index (χ3v) is 3.17. The monoisotopic (exact) mass is 265 g/mol. The molecule has 1 aromatic heterocycles. The van der Waals surface area contributed by atoms with Crippen LogP contribution < -0.4 is 10.6 Å². The number of rotatable bonds is 6. The molecule has 0 unspecified atom stereocenters. The summed E-state index contributed by atoms with van der Waals surface area (Å²) < 4.78 is 5.03. The number of hydrogen-bond donors (Lipinski definition) is 2. The molecule has 2 amide bonds. The third-order valence-electron chi connectivity index (χ3n) is 3.17. The molecule has 2 rings (SSSR count). The van der Waals surface area contributed by atoms with Crippen LogP contribution in [0.2, 0.25) is 0 Å². The lowest BCUT2D eigenvalue weighted by molar-refractivity contribution is -0.126. The molecule has 2 N–H and O–H groups in total. The maximum absolute atomic E-state index is 11.6. The Kier molecular flexibility index (Phi) is 4.19. The lowest BCUT2D eigenvalue weighted by Crippen LogP contribution is -2.37.